The summed E-state index contributed by atoms with van der Waals surface area (Å²) in [7, 11) is 3.45. The van der Waals surface area contributed by atoms with Crippen LogP contribution in [0.3, 0.4) is 0 Å². The number of benzene rings is 1. The van der Waals surface area contributed by atoms with Crippen LogP contribution < -0.4 is 0 Å². The highest BCUT2D eigenvalue weighted by Crippen LogP contribution is 2.09. The third-order valence-electron chi connectivity index (χ3n) is 2.13. The fraction of sp³-hybridized carbons (Fsp3) is 0.364. The molecule has 0 radical (unpaired) electrons. The summed E-state index contributed by atoms with van der Waals surface area (Å²) in [4.78, 5) is 13.0. The van der Waals surface area contributed by atoms with Crippen LogP contribution in [0.15, 0.2) is 24.3 Å². The molecule has 0 fully saturated rings. The normalized spacial score (nSPS) is 9.93. The second kappa shape index (κ2) is 4.77. The lowest BCUT2D eigenvalue weighted by molar-refractivity contribution is -0.127. The van der Waals surface area contributed by atoms with Gasteiger partial charge < -0.3 is 10.0 Å². The molecule has 1 amide bonds. The number of aliphatic hydroxyl groups is 1. The van der Waals surface area contributed by atoms with Crippen LogP contribution in [-0.4, -0.2) is 30.0 Å². The zero-order valence-electron chi connectivity index (χ0n) is 8.53. The quantitative estimate of drug-likeness (QED) is 0.771. The first-order valence-corrected chi connectivity index (χ1v) is 4.53. The summed E-state index contributed by atoms with van der Waals surface area (Å²) in [6.45, 7) is -0.0170. The summed E-state index contributed by atoms with van der Waals surface area (Å²) in [6.07, 6.45) is 0.351. The molecule has 0 heterocycles. The van der Waals surface area contributed by atoms with E-state index in [9.17, 15) is 4.79 Å². The average Bonchev–Trinajstić information content (AvgIpc) is 2.18. The van der Waals surface area contributed by atoms with Crippen molar-refractivity contribution in [2.45, 2.75) is 13.0 Å². The molecule has 1 N–H and O–H groups in total. The predicted octanol–water partition coefficient (Wildman–Crippen LogP) is 0.810. The van der Waals surface area contributed by atoms with E-state index in [1.54, 1.807) is 19.0 Å². The Morgan fingerprint density at radius 3 is 2.36 bits per heavy atom. The summed E-state index contributed by atoms with van der Waals surface area (Å²) < 4.78 is 0. The maximum Gasteiger partial charge on any atom is 0.226 e. The Hall–Kier alpha value is -1.35. The third-order valence-corrected chi connectivity index (χ3v) is 2.13. The van der Waals surface area contributed by atoms with Crippen molar-refractivity contribution in [3.8, 4) is 0 Å². The summed E-state index contributed by atoms with van der Waals surface area (Å²) in [5.74, 6) is 0.0471. The van der Waals surface area contributed by atoms with E-state index in [0.717, 1.165) is 11.1 Å². The molecule has 1 aromatic carbocycles. The Balaban J connectivity index is 2.80. The molecule has 0 aliphatic heterocycles. The first kappa shape index (κ1) is 10.7. The van der Waals surface area contributed by atoms with Crippen molar-refractivity contribution in [1.29, 1.82) is 0 Å². The van der Waals surface area contributed by atoms with Crippen LogP contribution in [0, 0.1) is 0 Å². The maximum atomic E-state index is 11.4. The third kappa shape index (κ3) is 2.57. The van der Waals surface area contributed by atoms with Gasteiger partial charge in [-0.2, -0.15) is 0 Å². The van der Waals surface area contributed by atoms with E-state index in [4.69, 9.17) is 5.11 Å². The minimum atomic E-state index is -0.0170. The molecule has 0 atom stereocenters. The van der Waals surface area contributed by atoms with Gasteiger partial charge in [0, 0.05) is 14.1 Å². The second-order valence-corrected chi connectivity index (χ2v) is 3.39. The molecular formula is C11H15NO2. The molecule has 0 unspecified atom stereocenters. The highest BCUT2D eigenvalue weighted by Gasteiger charge is 2.08. The van der Waals surface area contributed by atoms with Gasteiger partial charge in [-0.15, -0.1) is 0 Å². The van der Waals surface area contributed by atoms with Gasteiger partial charge in [-0.3, -0.25) is 4.79 Å². The minimum Gasteiger partial charge on any atom is -0.392 e. The van der Waals surface area contributed by atoms with Crippen molar-refractivity contribution in [3.63, 3.8) is 0 Å². The average molecular weight is 193 g/mol. The summed E-state index contributed by atoms with van der Waals surface area (Å²) in [5.41, 5.74) is 1.72. The number of amides is 1. The predicted molar refractivity (Wildman–Crippen MR) is 54.8 cm³/mol. The van der Waals surface area contributed by atoms with E-state index >= 15 is 0 Å². The molecule has 0 bridgehead atoms. The van der Waals surface area contributed by atoms with E-state index in [0.29, 0.717) is 6.42 Å². The number of carbonyl (C=O) groups excluding carboxylic acids is 1. The maximum absolute atomic E-state index is 11.4. The number of hydrogen-bond donors (Lipinski definition) is 1. The van der Waals surface area contributed by atoms with Gasteiger partial charge in [0.25, 0.3) is 0 Å². The van der Waals surface area contributed by atoms with Gasteiger partial charge in [-0.05, 0) is 11.1 Å². The Morgan fingerprint density at radius 1 is 1.29 bits per heavy atom. The van der Waals surface area contributed by atoms with E-state index in [-0.39, 0.29) is 12.5 Å². The Labute approximate surface area is 84.0 Å². The van der Waals surface area contributed by atoms with Crippen LogP contribution in [-0.2, 0) is 17.8 Å². The van der Waals surface area contributed by atoms with E-state index in [1.807, 2.05) is 24.3 Å². The minimum absolute atomic E-state index is 0.0170. The lowest BCUT2D eigenvalue weighted by Crippen LogP contribution is -2.23. The number of nitrogens with zero attached hydrogens (tertiary/aromatic N) is 1. The molecule has 0 spiro atoms. The van der Waals surface area contributed by atoms with Crippen molar-refractivity contribution >= 4 is 5.91 Å². The van der Waals surface area contributed by atoms with Crippen LogP contribution in [0.2, 0.25) is 0 Å². The molecule has 14 heavy (non-hydrogen) atoms. The number of hydrogen-bond acceptors (Lipinski definition) is 2. The largest absolute Gasteiger partial charge is 0.392 e. The number of likely N-dealkylation sites (N-methyl/N-ethyl adjacent to an activating group) is 1. The molecule has 0 aliphatic carbocycles. The van der Waals surface area contributed by atoms with Gasteiger partial charge in [-0.1, -0.05) is 24.3 Å². The van der Waals surface area contributed by atoms with Gasteiger partial charge >= 0.3 is 0 Å². The van der Waals surface area contributed by atoms with Crippen molar-refractivity contribution < 1.29 is 9.90 Å². The van der Waals surface area contributed by atoms with Crippen molar-refractivity contribution in [3.05, 3.63) is 35.4 Å². The Kier molecular flexibility index (Phi) is 3.65. The van der Waals surface area contributed by atoms with E-state index in [1.165, 1.54) is 0 Å². The zero-order valence-corrected chi connectivity index (χ0v) is 8.53. The van der Waals surface area contributed by atoms with Crippen molar-refractivity contribution in [1.82, 2.24) is 4.90 Å². The van der Waals surface area contributed by atoms with E-state index in [2.05, 4.69) is 0 Å². The van der Waals surface area contributed by atoms with Gasteiger partial charge in [0.2, 0.25) is 5.91 Å². The molecule has 3 heteroatoms. The molecule has 1 rings (SSSR count). The van der Waals surface area contributed by atoms with Gasteiger partial charge in [0.15, 0.2) is 0 Å². The zero-order chi connectivity index (χ0) is 10.6. The topological polar surface area (TPSA) is 40.5 Å². The molecule has 0 saturated carbocycles. The summed E-state index contributed by atoms with van der Waals surface area (Å²) in [5, 5.41) is 9.05. The van der Waals surface area contributed by atoms with Crippen molar-refractivity contribution in [2.24, 2.45) is 0 Å². The molecule has 0 saturated heterocycles. The first-order valence-electron chi connectivity index (χ1n) is 4.53. The molecule has 76 valence electrons. The standard InChI is InChI=1S/C11H15NO2/c1-12(2)11(14)7-9-5-3-4-6-10(9)8-13/h3-6,13H,7-8H2,1-2H3. The second-order valence-electron chi connectivity index (χ2n) is 3.39. The fourth-order valence-corrected chi connectivity index (χ4v) is 1.21. The van der Waals surface area contributed by atoms with E-state index < -0.39 is 0 Å². The lowest BCUT2D eigenvalue weighted by Gasteiger charge is -2.11. The highest BCUT2D eigenvalue weighted by molar-refractivity contribution is 5.78. The highest BCUT2D eigenvalue weighted by atomic mass is 16.3. The lowest BCUT2D eigenvalue weighted by atomic mass is 10.0. The van der Waals surface area contributed by atoms with Crippen LogP contribution in [0.4, 0.5) is 0 Å². The molecule has 3 nitrogen and oxygen atoms in total. The van der Waals surface area contributed by atoms with Crippen LogP contribution in [0.5, 0.6) is 0 Å². The smallest absolute Gasteiger partial charge is 0.226 e. The van der Waals surface area contributed by atoms with Gasteiger partial charge in [-0.25, -0.2) is 0 Å². The summed E-state index contributed by atoms with van der Waals surface area (Å²) in [6, 6.07) is 7.43. The fourth-order valence-electron chi connectivity index (χ4n) is 1.21. The van der Waals surface area contributed by atoms with Crippen molar-refractivity contribution in [2.75, 3.05) is 14.1 Å². The molecule has 0 aromatic heterocycles. The molecule has 0 aliphatic rings. The number of aliphatic hydroxyl groups excluding tert-OH is 1. The summed E-state index contributed by atoms with van der Waals surface area (Å²) >= 11 is 0. The van der Waals surface area contributed by atoms with Gasteiger partial charge in [0.1, 0.15) is 0 Å². The molecular weight excluding hydrogens is 178 g/mol. The SMILES string of the molecule is CN(C)C(=O)Cc1ccccc1CO. The monoisotopic (exact) mass is 193 g/mol. The number of rotatable bonds is 3. The molecule has 1 aromatic rings. The van der Waals surface area contributed by atoms with Crippen LogP contribution >= 0.6 is 0 Å². The van der Waals surface area contributed by atoms with Gasteiger partial charge in [0.05, 0.1) is 13.0 Å². The van der Waals surface area contributed by atoms with Crippen LogP contribution in [0.1, 0.15) is 11.1 Å². The first-order chi connectivity index (χ1) is 6.65. The Morgan fingerprint density at radius 2 is 1.86 bits per heavy atom. The van der Waals surface area contributed by atoms with Crippen LogP contribution in [0.25, 0.3) is 0 Å². The number of carbonyl (C=O) groups is 1. The Bertz CT molecular complexity index is 321.